The molecule has 0 bridgehead atoms. The van der Waals surface area contributed by atoms with Crippen molar-refractivity contribution in [2.45, 2.75) is 51.3 Å². The predicted molar refractivity (Wildman–Crippen MR) is 132 cm³/mol. The summed E-state index contributed by atoms with van der Waals surface area (Å²) in [4.78, 5) is 20.0. The number of aromatic amines is 1. The molecule has 2 saturated carbocycles. The second-order valence-electron chi connectivity index (χ2n) is 10.4. The third-order valence-corrected chi connectivity index (χ3v) is 7.62. The van der Waals surface area contributed by atoms with Crippen molar-refractivity contribution in [1.29, 1.82) is 0 Å². The van der Waals surface area contributed by atoms with E-state index in [1.807, 2.05) is 18.3 Å². The maximum absolute atomic E-state index is 11.4. The van der Waals surface area contributed by atoms with Crippen LogP contribution in [-0.4, -0.2) is 58.1 Å². The maximum atomic E-state index is 11.4. The van der Waals surface area contributed by atoms with Gasteiger partial charge in [-0.05, 0) is 73.9 Å². The summed E-state index contributed by atoms with van der Waals surface area (Å²) < 4.78 is 6.41. The topological polar surface area (TPSA) is 68.8 Å². The normalized spacial score (nSPS) is 21.7. The lowest BCUT2D eigenvalue weighted by Crippen LogP contribution is -2.48. The van der Waals surface area contributed by atoms with E-state index in [0.717, 1.165) is 50.7 Å². The molecule has 3 aromatic rings. The molecule has 3 fully saturated rings. The molecular formula is C28H33N3O3. The molecule has 6 rings (SSSR count). The zero-order valence-corrected chi connectivity index (χ0v) is 19.8. The minimum atomic E-state index is -0.876. The lowest BCUT2D eigenvalue weighted by Gasteiger charge is -2.42. The Bertz CT molecular complexity index is 1190. The Hall–Kier alpha value is -2.83. The van der Waals surface area contributed by atoms with Crippen LogP contribution in [-0.2, 0) is 6.54 Å². The van der Waals surface area contributed by atoms with Gasteiger partial charge in [-0.2, -0.15) is 0 Å². The highest BCUT2D eigenvalue weighted by atomic mass is 16.5. The number of carboxylic acid groups (broad SMARTS) is 1. The number of aryl methyl sites for hydroxylation is 1. The average molecular weight is 460 g/mol. The van der Waals surface area contributed by atoms with Gasteiger partial charge in [-0.3, -0.25) is 9.80 Å². The quantitative estimate of drug-likeness (QED) is 0.497. The third kappa shape index (κ3) is 4.44. The van der Waals surface area contributed by atoms with Gasteiger partial charge in [-0.15, -0.1) is 0 Å². The number of H-pyrrole nitrogens is 1. The first-order valence-corrected chi connectivity index (χ1v) is 12.6. The van der Waals surface area contributed by atoms with E-state index in [0.29, 0.717) is 11.7 Å². The van der Waals surface area contributed by atoms with Crippen LogP contribution in [0.3, 0.4) is 0 Å². The summed E-state index contributed by atoms with van der Waals surface area (Å²) in [6, 6.07) is 12.1. The molecule has 6 nitrogen and oxygen atoms in total. The van der Waals surface area contributed by atoms with Gasteiger partial charge in [0, 0.05) is 61.4 Å². The van der Waals surface area contributed by atoms with E-state index in [1.165, 1.54) is 47.0 Å². The number of hydrogen-bond donors (Lipinski definition) is 2. The van der Waals surface area contributed by atoms with E-state index in [9.17, 15) is 9.90 Å². The van der Waals surface area contributed by atoms with Gasteiger partial charge in [0.25, 0.3) is 0 Å². The van der Waals surface area contributed by atoms with Crippen LogP contribution in [0.5, 0.6) is 5.75 Å². The lowest BCUT2D eigenvalue weighted by molar-refractivity contribution is 0.0646. The Balaban J connectivity index is 1.33. The van der Waals surface area contributed by atoms with Crippen LogP contribution in [0.1, 0.15) is 58.8 Å². The number of piperazine rings is 1. The Morgan fingerprint density at radius 2 is 1.91 bits per heavy atom. The van der Waals surface area contributed by atoms with Crippen LogP contribution in [0.4, 0.5) is 0 Å². The molecule has 1 atom stereocenters. The number of carboxylic acids is 1. The van der Waals surface area contributed by atoms with Crippen molar-refractivity contribution >= 4 is 16.9 Å². The number of rotatable bonds is 8. The van der Waals surface area contributed by atoms with E-state index < -0.39 is 5.97 Å². The number of aromatic nitrogens is 1. The van der Waals surface area contributed by atoms with Gasteiger partial charge in [0.05, 0.1) is 11.7 Å². The van der Waals surface area contributed by atoms with E-state index in [-0.39, 0.29) is 6.04 Å². The number of nitrogens with one attached hydrogen (secondary N) is 1. The summed E-state index contributed by atoms with van der Waals surface area (Å²) in [5.74, 6) is 1.00. The number of hydrogen-bond acceptors (Lipinski definition) is 4. The van der Waals surface area contributed by atoms with Gasteiger partial charge in [-0.25, -0.2) is 4.79 Å². The summed E-state index contributed by atoms with van der Waals surface area (Å²) in [5, 5.41) is 10.6. The standard InChI is InChI=1S/C28H33N3O3/c1-18-14-26(34-22-8-9-22)24(23-10-11-29-27(18)23)16-31-13-12-30(15-19-2-3-19)17-25(31)20-4-6-21(7-5-20)28(32)33/h4-7,10-11,14,19,22,25,29H,2-3,8-9,12-13,15-17H2,1H3,(H,32,33)/t25-/m0/s1. The van der Waals surface area contributed by atoms with Crippen molar-refractivity contribution in [3.63, 3.8) is 0 Å². The molecule has 2 N–H and O–H groups in total. The molecule has 2 aromatic carbocycles. The van der Waals surface area contributed by atoms with Crippen molar-refractivity contribution in [2.24, 2.45) is 5.92 Å². The van der Waals surface area contributed by atoms with Crippen molar-refractivity contribution in [3.05, 3.63) is 64.8 Å². The summed E-state index contributed by atoms with van der Waals surface area (Å²) in [6.45, 7) is 7.18. The molecule has 1 aliphatic heterocycles. The van der Waals surface area contributed by atoms with Crippen LogP contribution in [0.2, 0.25) is 0 Å². The number of aromatic carboxylic acids is 1. The fraction of sp³-hybridized carbons (Fsp3) is 0.464. The van der Waals surface area contributed by atoms with Crippen LogP contribution in [0.25, 0.3) is 10.9 Å². The minimum Gasteiger partial charge on any atom is -0.490 e. The molecule has 2 heterocycles. The first kappa shape index (κ1) is 21.7. The molecule has 6 heteroatoms. The van der Waals surface area contributed by atoms with Gasteiger partial charge in [0.2, 0.25) is 0 Å². The van der Waals surface area contributed by atoms with Gasteiger partial charge < -0.3 is 14.8 Å². The first-order valence-electron chi connectivity index (χ1n) is 12.6. The number of benzene rings is 2. The number of ether oxygens (including phenoxy) is 1. The molecule has 0 unspecified atom stereocenters. The molecule has 1 aromatic heterocycles. The van der Waals surface area contributed by atoms with Crippen molar-refractivity contribution in [2.75, 3.05) is 26.2 Å². The molecular weight excluding hydrogens is 426 g/mol. The number of fused-ring (bicyclic) bond motifs is 1. The Morgan fingerprint density at radius 1 is 1.12 bits per heavy atom. The molecule has 0 spiro atoms. The van der Waals surface area contributed by atoms with Crippen LogP contribution in [0.15, 0.2) is 42.6 Å². The highest BCUT2D eigenvalue weighted by Crippen LogP contribution is 2.38. The first-order chi connectivity index (χ1) is 16.5. The molecule has 0 amide bonds. The molecule has 1 saturated heterocycles. The predicted octanol–water partition coefficient (Wildman–Crippen LogP) is 4.98. The lowest BCUT2D eigenvalue weighted by atomic mass is 9.98. The minimum absolute atomic E-state index is 0.222. The van der Waals surface area contributed by atoms with Gasteiger partial charge in [-0.1, -0.05) is 12.1 Å². The highest BCUT2D eigenvalue weighted by molar-refractivity contribution is 5.88. The molecule has 3 aliphatic rings. The van der Waals surface area contributed by atoms with E-state index in [1.54, 1.807) is 12.1 Å². The summed E-state index contributed by atoms with van der Waals surface area (Å²) >= 11 is 0. The van der Waals surface area contributed by atoms with Gasteiger partial charge >= 0.3 is 5.97 Å². The third-order valence-electron chi connectivity index (χ3n) is 7.62. The largest absolute Gasteiger partial charge is 0.490 e. The van der Waals surface area contributed by atoms with E-state index >= 15 is 0 Å². The molecule has 178 valence electrons. The fourth-order valence-corrected chi connectivity index (χ4v) is 5.33. The molecule has 2 aliphatic carbocycles. The average Bonchev–Trinajstić information content (AvgIpc) is 3.77. The van der Waals surface area contributed by atoms with Gasteiger partial charge in [0.15, 0.2) is 0 Å². The Labute approximate surface area is 200 Å². The molecule has 34 heavy (non-hydrogen) atoms. The highest BCUT2D eigenvalue weighted by Gasteiger charge is 2.33. The van der Waals surface area contributed by atoms with E-state index in [4.69, 9.17) is 4.74 Å². The van der Waals surface area contributed by atoms with Crippen LogP contribution in [0, 0.1) is 12.8 Å². The zero-order chi connectivity index (χ0) is 23.2. The number of nitrogens with zero attached hydrogens (tertiary/aromatic N) is 2. The summed E-state index contributed by atoms with van der Waals surface area (Å²) in [6.07, 6.45) is 7.37. The Kier molecular flexibility index (Phi) is 5.58. The summed E-state index contributed by atoms with van der Waals surface area (Å²) in [7, 11) is 0. The van der Waals surface area contributed by atoms with E-state index in [2.05, 4.69) is 33.8 Å². The molecule has 0 radical (unpaired) electrons. The van der Waals surface area contributed by atoms with Crippen molar-refractivity contribution in [1.82, 2.24) is 14.8 Å². The van der Waals surface area contributed by atoms with Gasteiger partial charge in [0.1, 0.15) is 5.75 Å². The van der Waals surface area contributed by atoms with Crippen LogP contribution < -0.4 is 4.74 Å². The van der Waals surface area contributed by atoms with Crippen molar-refractivity contribution in [3.8, 4) is 5.75 Å². The second-order valence-corrected chi connectivity index (χ2v) is 10.4. The second kappa shape index (κ2) is 8.75. The Morgan fingerprint density at radius 3 is 2.62 bits per heavy atom. The number of carbonyl (C=O) groups is 1. The van der Waals surface area contributed by atoms with Crippen LogP contribution >= 0.6 is 0 Å². The maximum Gasteiger partial charge on any atom is 0.335 e. The smallest absolute Gasteiger partial charge is 0.335 e. The summed E-state index contributed by atoms with van der Waals surface area (Å²) in [5.41, 5.74) is 5.19. The monoisotopic (exact) mass is 459 g/mol. The van der Waals surface area contributed by atoms with Crippen molar-refractivity contribution < 1.29 is 14.6 Å². The SMILES string of the molecule is Cc1cc(OC2CC2)c(CN2CCN(CC3CC3)C[C@H]2c2ccc(C(=O)O)cc2)c2cc[nH]c12. The fourth-order valence-electron chi connectivity index (χ4n) is 5.33. The zero-order valence-electron chi connectivity index (χ0n) is 19.8.